The monoisotopic (exact) mass is 468 g/mol. The zero-order valence-corrected chi connectivity index (χ0v) is 19.2. The van der Waals surface area contributed by atoms with Crippen LogP contribution in [0.1, 0.15) is 30.0 Å². The van der Waals surface area contributed by atoms with Crippen molar-refractivity contribution in [3.05, 3.63) is 118 Å². The average molecular weight is 469 g/mol. The molecular formula is C27H24N4O4. The number of rotatable bonds is 9. The highest BCUT2D eigenvalue weighted by molar-refractivity contribution is 5.92. The molecule has 4 aromatic rings. The second-order valence-corrected chi connectivity index (χ2v) is 7.93. The molecule has 0 N–H and O–H groups in total. The molecule has 0 aliphatic carbocycles. The molecule has 0 fully saturated rings. The smallest absolute Gasteiger partial charge is 0.270 e. The summed E-state index contributed by atoms with van der Waals surface area (Å²) in [5, 5.41) is 15.0. The van der Waals surface area contributed by atoms with Gasteiger partial charge >= 0.3 is 0 Å². The first-order valence-corrected chi connectivity index (χ1v) is 11.2. The van der Waals surface area contributed by atoms with E-state index in [1.807, 2.05) is 67.6 Å². The molecule has 0 radical (unpaired) electrons. The van der Waals surface area contributed by atoms with Gasteiger partial charge in [-0.15, -0.1) is 0 Å². The van der Waals surface area contributed by atoms with Gasteiger partial charge in [0.2, 0.25) is 17.6 Å². The van der Waals surface area contributed by atoms with Crippen molar-refractivity contribution < 1.29 is 14.2 Å². The molecule has 0 saturated carbocycles. The number of amides is 1. The number of aromatic nitrogens is 2. The maximum absolute atomic E-state index is 13.2. The molecule has 0 spiro atoms. The van der Waals surface area contributed by atoms with Crippen molar-refractivity contribution in [1.29, 1.82) is 0 Å². The van der Waals surface area contributed by atoms with Gasteiger partial charge in [-0.1, -0.05) is 78.0 Å². The normalized spacial score (nSPS) is 11.9. The third kappa shape index (κ3) is 6.05. The van der Waals surface area contributed by atoms with Crippen molar-refractivity contribution >= 4 is 17.7 Å². The number of hydrogen-bond donors (Lipinski definition) is 0. The molecule has 0 aliphatic rings. The molecule has 176 valence electrons. The van der Waals surface area contributed by atoms with Crippen LogP contribution in [0.25, 0.3) is 17.5 Å². The van der Waals surface area contributed by atoms with Crippen LogP contribution in [0.5, 0.6) is 0 Å². The first-order valence-electron chi connectivity index (χ1n) is 11.2. The van der Waals surface area contributed by atoms with E-state index in [9.17, 15) is 14.9 Å². The Hall–Kier alpha value is -4.59. The van der Waals surface area contributed by atoms with Crippen molar-refractivity contribution in [2.75, 3.05) is 6.54 Å². The number of non-ortho nitro benzene ring substituents is 1. The zero-order chi connectivity index (χ0) is 24.6. The highest BCUT2D eigenvalue weighted by atomic mass is 16.6. The summed E-state index contributed by atoms with van der Waals surface area (Å²) in [6.45, 7) is 2.33. The van der Waals surface area contributed by atoms with Crippen LogP contribution in [0.15, 0.2) is 95.5 Å². The Morgan fingerprint density at radius 1 is 1.06 bits per heavy atom. The van der Waals surface area contributed by atoms with Crippen LogP contribution in [-0.2, 0) is 11.2 Å². The standard InChI is InChI=1S/C27H24N4O4/c1-20(22-11-6-3-7-12-22)30(26(32)16-15-21-9-4-2-5-10-21)18-17-25-28-27(29-35-25)23-13-8-14-24(19-23)31(33)34/h2-16,19-20H,17-18H2,1H3/b16-15+/t20-/m1/s1. The van der Waals surface area contributed by atoms with Crippen LogP contribution in [0.2, 0.25) is 0 Å². The second-order valence-electron chi connectivity index (χ2n) is 7.93. The first kappa shape index (κ1) is 23.6. The van der Waals surface area contributed by atoms with Gasteiger partial charge in [0.25, 0.3) is 5.69 Å². The van der Waals surface area contributed by atoms with Crippen molar-refractivity contribution in [3.8, 4) is 11.4 Å². The van der Waals surface area contributed by atoms with E-state index in [1.165, 1.54) is 12.1 Å². The second kappa shape index (κ2) is 11.0. The van der Waals surface area contributed by atoms with E-state index < -0.39 is 4.92 Å². The number of carbonyl (C=O) groups excluding carboxylic acids is 1. The number of nitro groups is 1. The van der Waals surface area contributed by atoms with Gasteiger partial charge in [0.05, 0.1) is 11.0 Å². The van der Waals surface area contributed by atoms with Crippen LogP contribution in [0.4, 0.5) is 5.69 Å². The average Bonchev–Trinajstić information content (AvgIpc) is 3.38. The lowest BCUT2D eigenvalue weighted by molar-refractivity contribution is -0.384. The molecule has 0 unspecified atom stereocenters. The molecule has 0 bridgehead atoms. The number of hydrogen-bond acceptors (Lipinski definition) is 6. The van der Waals surface area contributed by atoms with Crippen molar-refractivity contribution in [1.82, 2.24) is 15.0 Å². The van der Waals surface area contributed by atoms with Crippen LogP contribution in [0, 0.1) is 10.1 Å². The predicted molar refractivity (Wildman–Crippen MR) is 132 cm³/mol. The number of nitrogens with zero attached hydrogens (tertiary/aromatic N) is 4. The van der Waals surface area contributed by atoms with E-state index in [1.54, 1.807) is 29.2 Å². The topological polar surface area (TPSA) is 102 Å². The van der Waals surface area contributed by atoms with Crippen molar-refractivity contribution in [2.24, 2.45) is 0 Å². The molecule has 8 nitrogen and oxygen atoms in total. The summed E-state index contributed by atoms with van der Waals surface area (Å²) in [4.78, 5) is 29.9. The summed E-state index contributed by atoms with van der Waals surface area (Å²) in [5.74, 6) is 0.474. The lowest BCUT2D eigenvalue weighted by Gasteiger charge is -2.28. The molecule has 1 heterocycles. The van der Waals surface area contributed by atoms with E-state index >= 15 is 0 Å². The third-order valence-corrected chi connectivity index (χ3v) is 5.60. The Morgan fingerprint density at radius 2 is 1.77 bits per heavy atom. The van der Waals surface area contributed by atoms with E-state index in [0.717, 1.165) is 11.1 Å². The molecule has 8 heteroatoms. The van der Waals surface area contributed by atoms with Gasteiger partial charge in [0.15, 0.2) is 0 Å². The minimum Gasteiger partial charge on any atom is -0.339 e. The molecular weight excluding hydrogens is 444 g/mol. The van der Waals surface area contributed by atoms with E-state index in [4.69, 9.17) is 4.52 Å². The maximum Gasteiger partial charge on any atom is 0.270 e. The minimum atomic E-state index is -0.470. The van der Waals surface area contributed by atoms with E-state index in [0.29, 0.717) is 24.4 Å². The summed E-state index contributed by atoms with van der Waals surface area (Å²) >= 11 is 0. The van der Waals surface area contributed by atoms with Crippen molar-refractivity contribution in [3.63, 3.8) is 0 Å². The van der Waals surface area contributed by atoms with Crippen LogP contribution >= 0.6 is 0 Å². The van der Waals surface area contributed by atoms with Gasteiger partial charge in [-0.3, -0.25) is 14.9 Å². The van der Waals surface area contributed by atoms with Crippen LogP contribution in [-0.4, -0.2) is 32.4 Å². The van der Waals surface area contributed by atoms with Gasteiger partial charge in [0.1, 0.15) is 0 Å². The fourth-order valence-electron chi connectivity index (χ4n) is 3.68. The molecule has 3 aromatic carbocycles. The van der Waals surface area contributed by atoms with Crippen LogP contribution < -0.4 is 0 Å². The Bertz CT molecular complexity index is 1320. The summed E-state index contributed by atoms with van der Waals surface area (Å²) in [7, 11) is 0. The minimum absolute atomic E-state index is 0.0486. The van der Waals surface area contributed by atoms with Gasteiger partial charge in [-0.05, 0) is 24.1 Å². The SMILES string of the molecule is C[C@H](c1ccccc1)N(CCc1nc(-c2cccc([N+](=O)[O-])c2)no1)C(=O)/C=C/c1ccccc1. The Kier molecular flexibility index (Phi) is 7.42. The highest BCUT2D eigenvalue weighted by Crippen LogP contribution is 2.23. The number of benzene rings is 3. The van der Waals surface area contributed by atoms with Crippen molar-refractivity contribution in [2.45, 2.75) is 19.4 Å². The lowest BCUT2D eigenvalue weighted by Crippen LogP contribution is -2.34. The van der Waals surface area contributed by atoms with Gasteiger partial charge < -0.3 is 9.42 Å². The molecule has 0 aliphatic heterocycles. The van der Waals surface area contributed by atoms with E-state index in [-0.39, 0.29) is 23.5 Å². The lowest BCUT2D eigenvalue weighted by atomic mass is 10.1. The van der Waals surface area contributed by atoms with Gasteiger partial charge in [0, 0.05) is 36.7 Å². The van der Waals surface area contributed by atoms with Gasteiger partial charge in [-0.25, -0.2) is 0 Å². The molecule has 1 aromatic heterocycles. The third-order valence-electron chi connectivity index (χ3n) is 5.60. The summed E-state index contributed by atoms with van der Waals surface area (Å²) < 4.78 is 5.38. The summed E-state index contributed by atoms with van der Waals surface area (Å²) in [6.07, 6.45) is 3.70. The number of nitro benzene ring substituents is 1. The molecule has 35 heavy (non-hydrogen) atoms. The van der Waals surface area contributed by atoms with Gasteiger partial charge in [-0.2, -0.15) is 4.98 Å². The number of carbonyl (C=O) groups is 1. The maximum atomic E-state index is 13.2. The molecule has 4 rings (SSSR count). The Balaban J connectivity index is 1.51. The molecule has 1 atom stereocenters. The molecule has 0 saturated heterocycles. The largest absolute Gasteiger partial charge is 0.339 e. The first-order chi connectivity index (χ1) is 17.0. The molecule has 1 amide bonds. The van der Waals surface area contributed by atoms with Crippen LogP contribution in [0.3, 0.4) is 0 Å². The Morgan fingerprint density at radius 3 is 2.49 bits per heavy atom. The fourth-order valence-corrected chi connectivity index (χ4v) is 3.68. The zero-order valence-electron chi connectivity index (χ0n) is 19.2. The van der Waals surface area contributed by atoms with E-state index in [2.05, 4.69) is 10.1 Å². The quantitative estimate of drug-likeness (QED) is 0.183. The fraction of sp³-hybridized carbons (Fsp3) is 0.148. The highest BCUT2D eigenvalue weighted by Gasteiger charge is 2.21. The predicted octanol–water partition coefficient (Wildman–Crippen LogP) is 5.49. The summed E-state index contributed by atoms with van der Waals surface area (Å²) in [6, 6.07) is 25.3. The summed E-state index contributed by atoms with van der Waals surface area (Å²) in [5.41, 5.74) is 2.39. The Labute approximate surface area is 202 Å².